The van der Waals surface area contributed by atoms with E-state index in [1.807, 2.05) is 31.2 Å². The van der Waals surface area contributed by atoms with Gasteiger partial charge in [0.25, 0.3) is 5.91 Å². The van der Waals surface area contributed by atoms with E-state index in [0.717, 1.165) is 11.3 Å². The molecule has 0 bridgehead atoms. The summed E-state index contributed by atoms with van der Waals surface area (Å²) in [6, 6.07) is 9.45. The normalized spacial score (nSPS) is 9.93. The quantitative estimate of drug-likeness (QED) is 0.768. The number of hydrogen-bond donors (Lipinski definition) is 2. The Morgan fingerprint density at radius 1 is 1.27 bits per heavy atom. The maximum Gasteiger partial charge on any atom is 0.257 e. The van der Waals surface area contributed by atoms with Crippen molar-refractivity contribution in [1.82, 2.24) is 4.98 Å². The van der Waals surface area contributed by atoms with E-state index in [2.05, 4.69) is 10.3 Å². The van der Waals surface area contributed by atoms with Gasteiger partial charge in [-0.25, -0.2) is 0 Å². The highest BCUT2D eigenvalue weighted by Gasteiger charge is 2.06. The van der Waals surface area contributed by atoms with Crippen LogP contribution in [0, 0.1) is 6.92 Å². The van der Waals surface area contributed by atoms with Crippen LogP contribution in [0.5, 0.6) is 0 Å². The summed E-state index contributed by atoms with van der Waals surface area (Å²) >= 11 is 0. The van der Waals surface area contributed by atoms with E-state index >= 15 is 0 Å². The maximum atomic E-state index is 11.7. The Balaban J connectivity index is 2.17. The van der Waals surface area contributed by atoms with Crippen LogP contribution in [0.3, 0.4) is 0 Å². The van der Waals surface area contributed by atoms with Crippen molar-refractivity contribution in [3.05, 3.63) is 53.9 Å². The number of hydrogen-bond acceptors (Lipinski definition) is 1. The first-order valence-corrected chi connectivity index (χ1v) is 4.77. The molecule has 2 aromatic rings. The second kappa shape index (κ2) is 4.00. The molecule has 0 aliphatic heterocycles. The van der Waals surface area contributed by atoms with Crippen LogP contribution in [0.2, 0.25) is 0 Å². The fraction of sp³-hybridized carbons (Fsp3) is 0.0833. The molecule has 0 saturated heterocycles. The van der Waals surface area contributed by atoms with Gasteiger partial charge >= 0.3 is 0 Å². The average molecular weight is 200 g/mol. The van der Waals surface area contributed by atoms with Crippen molar-refractivity contribution in [1.29, 1.82) is 0 Å². The zero-order valence-electron chi connectivity index (χ0n) is 8.45. The van der Waals surface area contributed by atoms with Crippen molar-refractivity contribution in [2.45, 2.75) is 6.92 Å². The molecule has 1 aromatic carbocycles. The van der Waals surface area contributed by atoms with Gasteiger partial charge in [0.05, 0.1) is 5.56 Å². The number of nitrogens with one attached hydrogen (secondary N) is 2. The van der Waals surface area contributed by atoms with E-state index < -0.39 is 0 Å². The third-order valence-electron chi connectivity index (χ3n) is 2.25. The molecule has 1 aromatic heterocycles. The molecule has 1 amide bonds. The molecular formula is C12H12N2O. The van der Waals surface area contributed by atoms with Crippen LogP contribution in [0.4, 0.5) is 5.69 Å². The Morgan fingerprint density at radius 2 is 2.07 bits per heavy atom. The summed E-state index contributed by atoms with van der Waals surface area (Å²) in [6.07, 6.45) is 3.40. The third kappa shape index (κ3) is 2.07. The summed E-state index contributed by atoms with van der Waals surface area (Å²) in [5.41, 5.74) is 2.54. The first-order valence-electron chi connectivity index (χ1n) is 4.77. The number of rotatable bonds is 2. The zero-order chi connectivity index (χ0) is 10.7. The average Bonchev–Trinajstić information content (AvgIpc) is 2.74. The number of aromatic amines is 1. The van der Waals surface area contributed by atoms with Crippen LogP contribution in [-0.2, 0) is 0 Å². The smallest absolute Gasteiger partial charge is 0.257 e. The lowest BCUT2D eigenvalue weighted by atomic mass is 10.2. The zero-order valence-corrected chi connectivity index (χ0v) is 8.45. The highest BCUT2D eigenvalue weighted by molar-refractivity contribution is 6.04. The van der Waals surface area contributed by atoms with Gasteiger partial charge in [-0.05, 0) is 24.6 Å². The highest BCUT2D eigenvalue weighted by atomic mass is 16.1. The van der Waals surface area contributed by atoms with Crippen LogP contribution in [0.25, 0.3) is 0 Å². The molecule has 0 unspecified atom stereocenters. The number of H-pyrrole nitrogens is 1. The molecule has 15 heavy (non-hydrogen) atoms. The van der Waals surface area contributed by atoms with E-state index in [9.17, 15) is 4.79 Å². The Bertz CT molecular complexity index is 460. The Hall–Kier alpha value is -2.03. The van der Waals surface area contributed by atoms with Crippen LogP contribution in [-0.4, -0.2) is 10.9 Å². The number of aryl methyl sites for hydroxylation is 1. The van der Waals surface area contributed by atoms with Gasteiger partial charge in [-0.2, -0.15) is 0 Å². The summed E-state index contributed by atoms with van der Waals surface area (Å²) in [4.78, 5) is 14.5. The molecule has 0 radical (unpaired) electrons. The summed E-state index contributed by atoms with van der Waals surface area (Å²) in [7, 11) is 0. The molecule has 0 saturated carbocycles. The molecule has 3 nitrogen and oxygen atoms in total. The van der Waals surface area contributed by atoms with Crippen LogP contribution < -0.4 is 5.32 Å². The Morgan fingerprint density at radius 3 is 2.73 bits per heavy atom. The maximum absolute atomic E-state index is 11.7. The summed E-state index contributed by atoms with van der Waals surface area (Å²) in [6.45, 7) is 1.97. The lowest BCUT2D eigenvalue weighted by Crippen LogP contribution is -2.11. The van der Waals surface area contributed by atoms with Crippen molar-refractivity contribution in [2.24, 2.45) is 0 Å². The topological polar surface area (TPSA) is 44.9 Å². The van der Waals surface area contributed by atoms with Crippen molar-refractivity contribution in [3.63, 3.8) is 0 Å². The minimum Gasteiger partial charge on any atom is -0.367 e. The fourth-order valence-corrected chi connectivity index (χ4v) is 1.37. The van der Waals surface area contributed by atoms with Crippen LogP contribution >= 0.6 is 0 Å². The summed E-state index contributed by atoms with van der Waals surface area (Å²) in [5, 5.41) is 2.85. The second-order valence-corrected chi connectivity index (χ2v) is 3.37. The van der Waals surface area contributed by atoms with Gasteiger partial charge in [0.2, 0.25) is 0 Å². The van der Waals surface area contributed by atoms with Crippen molar-refractivity contribution in [3.8, 4) is 0 Å². The molecule has 0 aliphatic carbocycles. The molecule has 2 rings (SSSR count). The third-order valence-corrected chi connectivity index (χ3v) is 2.25. The Labute approximate surface area is 88.1 Å². The molecule has 1 heterocycles. The van der Waals surface area contributed by atoms with Crippen molar-refractivity contribution >= 4 is 11.6 Å². The van der Waals surface area contributed by atoms with E-state index in [0.29, 0.717) is 5.56 Å². The van der Waals surface area contributed by atoms with Gasteiger partial charge in [-0.1, -0.05) is 18.2 Å². The first kappa shape index (κ1) is 9.52. The van der Waals surface area contributed by atoms with Gasteiger partial charge in [-0.15, -0.1) is 0 Å². The van der Waals surface area contributed by atoms with Crippen LogP contribution in [0.1, 0.15) is 15.9 Å². The SMILES string of the molecule is Cc1ccccc1NC(=O)c1cc[nH]c1. The minimum atomic E-state index is -0.0921. The van der Waals surface area contributed by atoms with Crippen molar-refractivity contribution in [2.75, 3.05) is 5.32 Å². The van der Waals surface area contributed by atoms with Gasteiger partial charge in [0, 0.05) is 18.1 Å². The molecule has 0 spiro atoms. The molecule has 2 N–H and O–H groups in total. The number of benzene rings is 1. The number of anilines is 1. The predicted molar refractivity (Wildman–Crippen MR) is 59.9 cm³/mol. The van der Waals surface area contributed by atoms with Crippen molar-refractivity contribution < 1.29 is 4.79 Å². The number of carbonyl (C=O) groups is 1. The van der Waals surface area contributed by atoms with Gasteiger partial charge in [-0.3, -0.25) is 4.79 Å². The van der Waals surface area contributed by atoms with Crippen LogP contribution in [0.15, 0.2) is 42.7 Å². The van der Waals surface area contributed by atoms with E-state index in [-0.39, 0.29) is 5.91 Å². The second-order valence-electron chi connectivity index (χ2n) is 3.37. The fourth-order valence-electron chi connectivity index (χ4n) is 1.37. The lowest BCUT2D eigenvalue weighted by molar-refractivity contribution is 0.102. The number of amides is 1. The molecular weight excluding hydrogens is 188 g/mol. The number of carbonyl (C=O) groups excluding carboxylic acids is 1. The van der Waals surface area contributed by atoms with E-state index in [1.165, 1.54) is 0 Å². The standard InChI is InChI=1S/C12H12N2O/c1-9-4-2-3-5-11(9)14-12(15)10-6-7-13-8-10/h2-8,13H,1H3,(H,14,15). The summed E-state index contributed by atoms with van der Waals surface area (Å²) in [5.74, 6) is -0.0921. The molecule has 0 fully saturated rings. The molecule has 0 atom stereocenters. The van der Waals surface area contributed by atoms with Gasteiger partial charge < -0.3 is 10.3 Å². The van der Waals surface area contributed by atoms with E-state index in [1.54, 1.807) is 18.5 Å². The van der Waals surface area contributed by atoms with Gasteiger partial charge in [0.15, 0.2) is 0 Å². The molecule has 0 aliphatic rings. The molecule has 76 valence electrons. The monoisotopic (exact) mass is 200 g/mol. The van der Waals surface area contributed by atoms with E-state index in [4.69, 9.17) is 0 Å². The van der Waals surface area contributed by atoms with Gasteiger partial charge in [0.1, 0.15) is 0 Å². The minimum absolute atomic E-state index is 0.0921. The predicted octanol–water partition coefficient (Wildman–Crippen LogP) is 2.58. The largest absolute Gasteiger partial charge is 0.367 e. The number of aromatic nitrogens is 1. The molecule has 3 heteroatoms. The Kier molecular flexibility index (Phi) is 2.54. The summed E-state index contributed by atoms with van der Waals surface area (Å²) < 4.78 is 0. The first-order chi connectivity index (χ1) is 7.27. The highest BCUT2D eigenvalue weighted by Crippen LogP contribution is 2.14. The number of para-hydroxylation sites is 1. The lowest BCUT2D eigenvalue weighted by Gasteiger charge is -2.06.